The highest BCUT2D eigenvalue weighted by atomic mass is 32.1. The SMILES string of the molecule is CCCCCCCCCCCCCCCC(=O)OCOC(=O)N1c2ccccc2N=C(N2CCN(C)CC2)c2cc(C)sc21. The lowest BCUT2D eigenvalue weighted by atomic mass is 10.0. The van der Waals surface area contributed by atoms with Crippen LogP contribution < -0.4 is 4.90 Å². The van der Waals surface area contributed by atoms with E-state index >= 15 is 0 Å². The van der Waals surface area contributed by atoms with Crippen molar-refractivity contribution in [3.63, 3.8) is 0 Å². The molecule has 1 amide bonds. The van der Waals surface area contributed by atoms with E-state index in [9.17, 15) is 9.59 Å². The molecule has 44 heavy (non-hydrogen) atoms. The van der Waals surface area contributed by atoms with Crippen molar-refractivity contribution in [1.29, 1.82) is 0 Å². The van der Waals surface area contributed by atoms with Gasteiger partial charge in [-0.15, -0.1) is 11.3 Å². The maximum atomic E-state index is 13.5. The van der Waals surface area contributed by atoms with Gasteiger partial charge in [0.05, 0.1) is 16.9 Å². The number of thiophene rings is 1. The molecular formula is C35H52N4O4S. The molecule has 0 saturated carbocycles. The highest BCUT2D eigenvalue weighted by Gasteiger charge is 2.33. The second-order valence-electron chi connectivity index (χ2n) is 12.2. The zero-order valence-corrected chi connectivity index (χ0v) is 28.0. The van der Waals surface area contributed by atoms with Gasteiger partial charge >= 0.3 is 12.1 Å². The third-order valence-corrected chi connectivity index (χ3v) is 9.54. The van der Waals surface area contributed by atoms with Crippen LogP contribution in [0.1, 0.15) is 107 Å². The van der Waals surface area contributed by atoms with Gasteiger partial charge in [-0.1, -0.05) is 96.1 Å². The smallest absolute Gasteiger partial charge is 0.422 e. The quantitative estimate of drug-likeness (QED) is 0.105. The van der Waals surface area contributed by atoms with Crippen LogP contribution in [0.2, 0.25) is 0 Å². The topological polar surface area (TPSA) is 74.7 Å². The van der Waals surface area contributed by atoms with Gasteiger partial charge in [0.1, 0.15) is 10.8 Å². The normalized spacial score (nSPS) is 14.9. The first-order chi connectivity index (χ1) is 21.5. The molecule has 1 aromatic heterocycles. The zero-order chi connectivity index (χ0) is 31.1. The summed E-state index contributed by atoms with van der Waals surface area (Å²) in [6.45, 7) is 7.54. The van der Waals surface area contributed by atoms with Crippen LogP contribution in [0.15, 0.2) is 35.3 Å². The van der Waals surface area contributed by atoms with Crippen LogP contribution in [0.5, 0.6) is 0 Å². The molecule has 0 atom stereocenters. The zero-order valence-electron chi connectivity index (χ0n) is 27.2. The fourth-order valence-electron chi connectivity index (χ4n) is 5.87. The van der Waals surface area contributed by atoms with E-state index in [0.717, 1.165) is 66.7 Å². The molecule has 3 heterocycles. The number of benzene rings is 1. The predicted octanol–water partition coefficient (Wildman–Crippen LogP) is 8.95. The maximum Gasteiger partial charge on any atom is 0.422 e. The summed E-state index contributed by atoms with van der Waals surface area (Å²) >= 11 is 1.54. The molecular weight excluding hydrogens is 572 g/mol. The third-order valence-electron chi connectivity index (χ3n) is 8.50. The average molecular weight is 625 g/mol. The summed E-state index contributed by atoms with van der Waals surface area (Å²) in [6, 6.07) is 9.72. The molecule has 1 fully saturated rings. The van der Waals surface area contributed by atoms with Gasteiger partial charge in [0.2, 0.25) is 6.79 Å². The number of ether oxygens (including phenoxy) is 2. The molecule has 2 aliphatic heterocycles. The number of anilines is 2. The number of aliphatic imine (C=N–C) groups is 1. The van der Waals surface area contributed by atoms with Crippen LogP contribution in [-0.2, 0) is 14.3 Å². The van der Waals surface area contributed by atoms with Gasteiger partial charge in [-0.3, -0.25) is 4.79 Å². The molecule has 8 nitrogen and oxygen atoms in total. The number of rotatable bonds is 16. The van der Waals surface area contributed by atoms with E-state index in [1.54, 1.807) is 4.90 Å². The lowest BCUT2D eigenvalue weighted by molar-refractivity contribution is -0.151. The van der Waals surface area contributed by atoms with Crippen LogP contribution in [0.25, 0.3) is 0 Å². The Bertz CT molecular complexity index is 1220. The van der Waals surface area contributed by atoms with Gasteiger partial charge in [0, 0.05) is 37.5 Å². The predicted molar refractivity (Wildman–Crippen MR) is 181 cm³/mol. The maximum absolute atomic E-state index is 13.5. The number of fused-ring (bicyclic) bond motifs is 2. The number of hydrogen-bond donors (Lipinski definition) is 0. The van der Waals surface area contributed by atoms with E-state index in [1.807, 2.05) is 31.2 Å². The molecule has 0 radical (unpaired) electrons. The van der Waals surface area contributed by atoms with Crippen LogP contribution in [0.3, 0.4) is 0 Å². The summed E-state index contributed by atoms with van der Waals surface area (Å²) in [5.74, 6) is 0.551. The number of unbranched alkanes of at least 4 members (excludes halogenated alkanes) is 12. The molecule has 0 spiro atoms. The number of amidine groups is 1. The van der Waals surface area contributed by atoms with E-state index in [2.05, 4.69) is 29.8 Å². The summed E-state index contributed by atoms with van der Waals surface area (Å²) in [5, 5.41) is 0.772. The summed E-state index contributed by atoms with van der Waals surface area (Å²) in [7, 11) is 2.13. The standard InChI is InChI=1S/C35H52N4O4S/c1-4-5-6-7-8-9-10-11-12-13-14-15-16-21-32(40)42-27-43-35(41)39-31-20-18-17-19-30(31)36-33(29-26-28(2)44-34(29)39)38-24-22-37(3)23-25-38/h17-20,26H,4-16,21-25,27H2,1-3H3. The minimum Gasteiger partial charge on any atom is -0.428 e. The number of carbonyl (C=O) groups is 2. The molecule has 1 saturated heterocycles. The molecule has 1 aromatic carbocycles. The first-order valence-corrected chi connectivity index (χ1v) is 17.6. The van der Waals surface area contributed by atoms with Crippen molar-refractivity contribution in [1.82, 2.24) is 9.80 Å². The Morgan fingerprint density at radius 3 is 2.11 bits per heavy atom. The number of carbonyl (C=O) groups excluding carboxylic acids is 2. The first-order valence-electron chi connectivity index (χ1n) is 16.8. The monoisotopic (exact) mass is 624 g/mol. The van der Waals surface area contributed by atoms with Crippen LogP contribution in [0.4, 0.5) is 21.2 Å². The second kappa shape index (κ2) is 18.2. The van der Waals surface area contributed by atoms with Crippen molar-refractivity contribution in [3.8, 4) is 0 Å². The van der Waals surface area contributed by atoms with Crippen molar-refractivity contribution >= 4 is 45.6 Å². The Balaban J connectivity index is 1.21. The third kappa shape index (κ3) is 10.1. The molecule has 2 aliphatic rings. The molecule has 0 aliphatic carbocycles. The highest BCUT2D eigenvalue weighted by Crippen LogP contribution is 2.44. The van der Waals surface area contributed by atoms with Crippen molar-refractivity contribution in [2.24, 2.45) is 4.99 Å². The van der Waals surface area contributed by atoms with Crippen molar-refractivity contribution in [3.05, 3.63) is 40.8 Å². The van der Waals surface area contributed by atoms with Gasteiger partial charge < -0.3 is 19.3 Å². The van der Waals surface area contributed by atoms with Gasteiger partial charge in [-0.25, -0.2) is 14.7 Å². The number of nitrogens with zero attached hydrogens (tertiary/aromatic N) is 4. The van der Waals surface area contributed by atoms with E-state index in [-0.39, 0.29) is 5.97 Å². The summed E-state index contributed by atoms with van der Waals surface area (Å²) in [6.07, 6.45) is 16.1. The number of aryl methyl sites for hydroxylation is 1. The first kappa shape index (κ1) is 34.0. The minimum absolute atomic E-state index is 0.328. The van der Waals surface area contributed by atoms with Crippen molar-refractivity contribution in [2.75, 3.05) is 44.9 Å². The summed E-state index contributed by atoms with van der Waals surface area (Å²) < 4.78 is 10.8. The van der Waals surface area contributed by atoms with E-state index < -0.39 is 12.9 Å². The van der Waals surface area contributed by atoms with Crippen LogP contribution >= 0.6 is 11.3 Å². The fraction of sp³-hybridized carbons (Fsp3) is 0.629. The molecule has 0 unspecified atom stereocenters. The summed E-state index contributed by atoms with van der Waals surface area (Å²) in [4.78, 5) is 38.2. The number of para-hydroxylation sites is 2. The molecule has 2 aromatic rings. The fourth-order valence-corrected chi connectivity index (χ4v) is 6.88. The van der Waals surface area contributed by atoms with Gasteiger partial charge in [0.25, 0.3) is 0 Å². The molecule has 9 heteroatoms. The van der Waals surface area contributed by atoms with Gasteiger partial charge in [-0.2, -0.15) is 0 Å². The Labute approximate surface area is 268 Å². The van der Waals surface area contributed by atoms with Crippen LogP contribution in [-0.4, -0.2) is 67.7 Å². The van der Waals surface area contributed by atoms with Crippen molar-refractivity contribution < 1.29 is 19.1 Å². The van der Waals surface area contributed by atoms with E-state index in [1.165, 1.54) is 75.5 Å². The Morgan fingerprint density at radius 1 is 0.841 bits per heavy atom. The van der Waals surface area contributed by atoms with E-state index in [4.69, 9.17) is 14.5 Å². The Morgan fingerprint density at radius 2 is 1.45 bits per heavy atom. The average Bonchev–Trinajstić information content (AvgIpc) is 3.33. The van der Waals surface area contributed by atoms with Gasteiger partial charge in [0.15, 0.2) is 0 Å². The molecule has 4 rings (SSSR count). The second-order valence-corrected chi connectivity index (χ2v) is 13.4. The lowest BCUT2D eigenvalue weighted by Gasteiger charge is -2.34. The number of likely N-dealkylation sites (N-methyl/N-ethyl adjacent to an activating group) is 1. The Kier molecular flexibility index (Phi) is 14.0. The number of piperazine rings is 1. The molecule has 0 N–H and O–H groups in total. The summed E-state index contributed by atoms with van der Waals surface area (Å²) in [5.41, 5.74) is 2.28. The lowest BCUT2D eigenvalue weighted by Crippen LogP contribution is -2.47. The largest absolute Gasteiger partial charge is 0.428 e. The van der Waals surface area contributed by atoms with Gasteiger partial charge in [-0.05, 0) is 38.6 Å². The highest BCUT2D eigenvalue weighted by molar-refractivity contribution is 7.16. The van der Waals surface area contributed by atoms with Crippen molar-refractivity contribution in [2.45, 2.75) is 104 Å². The molecule has 0 bridgehead atoms. The number of amides is 1. The number of hydrogen-bond acceptors (Lipinski definition) is 8. The van der Waals surface area contributed by atoms with E-state index in [0.29, 0.717) is 17.8 Å². The van der Waals surface area contributed by atoms with Crippen LogP contribution in [0, 0.1) is 6.92 Å². The molecule has 242 valence electrons. The Hall–Kier alpha value is -2.91. The number of esters is 1. The minimum atomic E-state index is -0.580.